The number of carbonyl (C=O) groups excluding carboxylic acids is 2. The Bertz CT molecular complexity index is 731. The summed E-state index contributed by atoms with van der Waals surface area (Å²) in [5.41, 5.74) is 2.24. The first-order chi connectivity index (χ1) is 11.5. The summed E-state index contributed by atoms with van der Waals surface area (Å²) >= 11 is 0. The van der Waals surface area contributed by atoms with Crippen LogP contribution in [0.3, 0.4) is 0 Å². The van der Waals surface area contributed by atoms with Gasteiger partial charge in [-0.15, -0.1) is 0 Å². The Morgan fingerprint density at radius 2 is 1.62 bits per heavy atom. The van der Waals surface area contributed by atoms with Crippen LogP contribution in [0, 0.1) is 0 Å². The third kappa shape index (κ3) is 4.32. The lowest BCUT2D eigenvalue weighted by Crippen LogP contribution is -2.16. The van der Waals surface area contributed by atoms with Crippen molar-refractivity contribution in [3.8, 4) is 0 Å². The highest BCUT2D eigenvalue weighted by atomic mass is 16.5. The predicted molar refractivity (Wildman–Crippen MR) is 96.2 cm³/mol. The Morgan fingerprint density at radius 1 is 1.00 bits per heavy atom. The van der Waals surface area contributed by atoms with E-state index >= 15 is 0 Å². The van der Waals surface area contributed by atoms with Gasteiger partial charge in [0, 0.05) is 25.3 Å². The van der Waals surface area contributed by atoms with E-state index in [4.69, 9.17) is 4.74 Å². The molecule has 24 heavy (non-hydrogen) atoms. The van der Waals surface area contributed by atoms with E-state index < -0.39 is 5.97 Å². The number of Topliss-reactive ketones (excluding diaryl/α,β-unsaturated/α-hetero) is 1. The van der Waals surface area contributed by atoms with Crippen molar-refractivity contribution < 1.29 is 14.3 Å². The Labute approximate surface area is 142 Å². The molecular weight excluding hydrogens is 302 g/mol. The fraction of sp³-hybridized carbons (Fsp3) is 0.200. The van der Waals surface area contributed by atoms with Crippen molar-refractivity contribution in [3.05, 3.63) is 71.3 Å². The number of ketones is 1. The molecule has 0 spiro atoms. The van der Waals surface area contributed by atoms with Crippen LogP contribution in [0.4, 0.5) is 5.69 Å². The van der Waals surface area contributed by atoms with Gasteiger partial charge in [0.15, 0.2) is 5.78 Å². The summed E-state index contributed by atoms with van der Waals surface area (Å²) in [6.07, 6.45) is 1.57. The van der Waals surface area contributed by atoms with Crippen LogP contribution in [0.5, 0.6) is 0 Å². The van der Waals surface area contributed by atoms with Gasteiger partial charge in [-0.3, -0.25) is 4.79 Å². The molecule has 0 N–H and O–H groups in total. The Hall–Kier alpha value is -2.88. The number of carbonyl (C=O) groups is 2. The first-order valence-electron chi connectivity index (χ1n) is 7.79. The maximum Gasteiger partial charge on any atom is 0.342 e. The van der Waals surface area contributed by atoms with E-state index in [9.17, 15) is 9.59 Å². The third-order valence-electron chi connectivity index (χ3n) is 3.50. The SMILES string of the molecule is CCOC(=O)C(=Cc1ccccc1)C(=O)c1ccc(N(C)C)cc1. The summed E-state index contributed by atoms with van der Waals surface area (Å²) in [6.45, 7) is 1.94. The van der Waals surface area contributed by atoms with E-state index in [1.807, 2.05) is 61.5 Å². The molecular formula is C20H21NO3. The van der Waals surface area contributed by atoms with Gasteiger partial charge in [-0.25, -0.2) is 4.79 Å². The highest BCUT2D eigenvalue weighted by Gasteiger charge is 2.21. The van der Waals surface area contributed by atoms with Gasteiger partial charge >= 0.3 is 5.97 Å². The number of esters is 1. The minimum absolute atomic E-state index is 0.0284. The quantitative estimate of drug-likeness (QED) is 0.268. The molecule has 2 aromatic rings. The Kier molecular flexibility index (Phi) is 5.90. The van der Waals surface area contributed by atoms with Gasteiger partial charge < -0.3 is 9.64 Å². The number of ether oxygens (including phenoxy) is 1. The minimum Gasteiger partial charge on any atom is -0.462 e. The molecule has 0 bridgehead atoms. The molecule has 4 nitrogen and oxygen atoms in total. The fourth-order valence-corrected chi connectivity index (χ4v) is 2.21. The zero-order chi connectivity index (χ0) is 17.5. The van der Waals surface area contributed by atoms with Crippen molar-refractivity contribution >= 4 is 23.5 Å². The van der Waals surface area contributed by atoms with Gasteiger partial charge in [0.1, 0.15) is 5.57 Å². The predicted octanol–water partition coefficient (Wildman–Crippen LogP) is 3.58. The molecule has 0 saturated heterocycles. The van der Waals surface area contributed by atoms with Crippen LogP contribution in [0.15, 0.2) is 60.2 Å². The lowest BCUT2D eigenvalue weighted by molar-refractivity contribution is -0.137. The van der Waals surface area contributed by atoms with Crippen molar-refractivity contribution in [2.45, 2.75) is 6.92 Å². The molecule has 0 unspecified atom stereocenters. The number of hydrogen-bond donors (Lipinski definition) is 0. The second-order valence-corrected chi connectivity index (χ2v) is 5.46. The van der Waals surface area contributed by atoms with Crippen molar-refractivity contribution in [2.75, 3.05) is 25.6 Å². The Morgan fingerprint density at radius 3 is 2.17 bits per heavy atom. The summed E-state index contributed by atoms with van der Waals surface area (Å²) in [4.78, 5) is 26.9. The zero-order valence-electron chi connectivity index (χ0n) is 14.2. The molecule has 0 heterocycles. The maximum atomic E-state index is 12.8. The van der Waals surface area contributed by atoms with Gasteiger partial charge in [0.05, 0.1) is 6.61 Å². The largest absolute Gasteiger partial charge is 0.462 e. The van der Waals surface area contributed by atoms with Gasteiger partial charge in [-0.1, -0.05) is 30.3 Å². The van der Waals surface area contributed by atoms with Crippen LogP contribution in [0.25, 0.3) is 6.08 Å². The second-order valence-electron chi connectivity index (χ2n) is 5.46. The molecule has 0 aromatic heterocycles. The van der Waals surface area contributed by atoms with E-state index in [0.717, 1.165) is 11.3 Å². The summed E-state index contributed by atoms with van der Waals surface area (Å²) in [7, 11) is 3.85. The summed E-state index contributed by atoms with van der Waals surface area (Å²) in [5, 5.41) is 0. The van der Waals surface area contributed by atoms with Crippen molar-refractivity contribution in [1.29, 1.82) is 0 Å². The molecule has 0 atom stereocenters. The third-order valence-corrected chi connectivity index (χ3v) is 3.50. The molecule has 0 amide bonds. The Balaban J connectivity index is 2.37. The van der Waals surface area contributed by atoms with Crippen LogP contribution < -0.4 is 4.90 Å². The van der Waals surface area contributed by atoms with Crippen LogP contribution >= 0.6 is 0 Å². The minimum atomic E-state index is -0.608. The van der Waals surface area contributed by atoms with E-state index in [1.54, 1.807) is 25.1 Å². The van der Waals surface area contributed by atoms with E-state index in [0.29, 0.717) is 5.56 Å². The highest BCUT2D eigenvalue weighted by Crippen LogP contribution is 2.18. The standard InChI is InChI=1S/C20H21NO3/c1-4-24-20(23)18(14-15-8-6-5-7-9-15)19(22)16-10-12-17(13-11-16)21(2)3/h5-14H,4H2,1-3H3. The van der Waals surface area contributed by atoms with E-state index in [2.05, 4.69) is 0 Å². The van der Waals surface area contributed by atoms with Gasteiger partial charge in [0.2, 0.25) is 0 Å². The average Bonchev–Trinajstić information content (AvgIpc) is 2.60. The van der Waals surface area contributed by atoms with Crippen LogP contribution in [-0.2, 0) is 9.53 Å². The summed E-state index contributed by atoms with van der Waals surface area (Å²) in [6, 6.07) is 16.4. The number of hydrogen-bond acceptors (Lipinski definition) is 4. The first kappa shape index (κ1) is 17.5. The van der Waals surface area contributed by atoms with E-state index in [1.165, 1.54) is 0 Å². The summed E-state index contributed by atoms with van der Waals surface area (Å²) in [5.74, 6) is -0.953. The van der Waals surface area contributed by atoms with Crippen LogP contribution in [0.1, 0.15) is 22.8 Å². The zero-order valence-corrected chi connectivity index (χ0v) is 14.2. The van der Waals surface area contributed by atoms with E-state index in [-0.39, 0.29) is 18.0 Å². The first-order valence-corrected chi connectivity index (χ1v) is 7.79. The molecule has 0 aliphatic heterocycles. The monoisotopic (exact) mass is 323 g/mol. The molecule has 4 heteroatoms. The molecule has 0 aliphatic carbocycles. The highest BCUT2D eigenvalue weighted by molar-refractivity contribution is 6.26. The van der Waals surface area contributed by atoms with Crippen LogP contribution in [0.2, 0.25) is 0 Å². The van der Waals surface area contributed by atoms with Crippen molar-refractivity contribution in [3.63, 3.8) is 0 Å². The summed E-state index contributed by atoms with van der Waals surface area (Å²) < 4.78 is 5.04. The molecule has 0 saturated carbocycles. The molecule has 2 rings (SSSR count). The van der Waals surface area contributed by atoms with Crippen LogP contribution in [-0.4, -0.2) is 32.5 Å². The number of rotatable bonds is 6. The normalized spacial score (nSPS) is 11.0. The lowest BCUT2D eigenvalue weighted by atomic mass is 10.0. The molecule has 0 radical (unpaired) electrons. The second kappa shape index (κ2) is 8.11. The maximum absolute atomic E-state index is 12.8. The van der Waals surface area contributed by atoms with Crippen molar-refractivity contribution in [1.82, 2.24) is 0 Å². The molecule has 0 aliphatic rings. The number of nitrogens with zero attached hydrogens (tertiary/aromatic N) is 1. The van der Waals surface area contributed by atoms with Gasteiger partial charge in [-0.2, -0.15) is 0 Å². The topological polar surface area (TPSA) is 46.6 Å². The smallest absolute Gasteiger partial charge is 0.342 e. The molecule has 124 valence electrons. The number of anilines is 1. The van der Waals surface area contributed by atoms with Crippen molar-refractivity contribution in [2.24, 2.45) is 0 Å². The average molecular weight is 323 g/mol. The molecule has 0 fully saturated rings. The fourth-order valence-electron chi connectivity index (χ4n) is 2.21. The molecule has 2 aromatic carbocycles. The lowest BCUT2D eigenvalue weighted by Gasteiger charge is -2.13. The van der Waals surface area contributed by atoms with Gasteiger partial charge in [-0.05, 0) is 42.8 Å². The van der Waals surface area contributed by atoms with Gasteiger partial charge in [0.25, 0.3) is 0 Å². The number of benzene rings is 2.